The second-order valence-corrected chi connectivity index (χ2v) is 5.14. The average Bonchev–Trinajstić information content (AvgIpc) is 2.38. The molecule has 0 fully saturated rings. The molecule has 0 aliphatic carbocycles. The van der Waals surface area contributed by atoms with Gasteiger partial charge in [-0.05, 0) is 43.8 Å². The molecule has 0 aliphatic rings. The number of aryl methyl sites for hydroxylation is 1. The van der Waals surface area contributed by atoms with Crippen molar-refractivity contribution in [3.63, 3.8) is 0 Å². The Morgan fingerprint density at radius 2 is 2.11 bits per heavy atom. The molecule has 1 atom stereocenters. The molecule has 1 aromatic carbocycles. The minimum absolute atomic E-state index is 0.608. The van der Waals surface area contributed by atoms with Gasteiger partial charge < -0.3 is 9.84 Å². The van der Waals surface area contributed by atoms with Crippen LogP contribution in [0.25, 0.3) is 0 Å². The summed E-state index contributed by atoms with van der Waals surface area (Å²) in [5.74, 6) is 0.674. The summed E-state index contributed by atoms with van der Waals surface area (Å²) >= 11 is 1.42. The van der Waals surface area contributed by atoms with Gasteiger partial charge in [0.1, 0.15) is 5.75 Å². The Morgan fingerprint density at radius 3 is 2.74 bits per heavy atom. The van der Waals surface area contributed by atoms with E-state index in [1.807, 2.05) is 31.2 Å². The van der Waals surface area contributed by atoms with Crippen molar-refractivity contribution >= 4 is 11.8 Å². The van der Waals surface area contributed by atoms with E-state index in [2.05, 4.69) is 9.97 Å². The van der Waals surface area contributed by atoms with Crippen molar-refractivity contribution in [2.75, 3.05) is 7.11 Å². The average molecular weight is 276 g/mol. The molecule has 0 amide bonds. The first-order valence-electron chi connectivity index (χ1n) is 5.94. The summed E-state index contributed by atoms with van der Waals surface area (Å²) in [6.07, 6.45) is 1.12. The Labute approximate surface area is 116 Å². The monoisotopic (exact) mass is 276 g/mol. The van der Waals surface area contributed by atoms with Crippen LogP contribution in [-0.4, -0.2) is 22.2 Å². The largest absolute Gasteiger partial charge is 0.496 e. The molecule has 0 saturated heterocycles. The predicted octanol–water partition coefficient (Wildman–Crippen LogP) is 3.00. The zero-order valence-electron chi connectivity index (χ0n) is 11.1. The number of methoxy groups -OCH3 is 1. The summed E-state index contributed by atoms with van der Waals surface area (Å²) in [5.41, 5.74) is 1.68. The van der Waals surface area contributed by atoms with Crippen LogP contribution in [0.4, 0.5) is 0 Å². The molecule has 0 saturated carbocycles. The van der Waals surface area contributed by atoms with Crippen molar-refractivity contribution in [2.24, 2.45) is 0 Å². The van der Waals surface area contributed by atoms with Gasteiger partial charge in [-0.15, -0.1) is 0 Å². The Bertz CT molecular complexity index is 573. The van der Waals surface area contributed by atoms with E-state index < -0.39 is 6.10 Å². The van der Waals surface area contributed by atoms with Crippen LogP contribution >= 0.6 is 11.8 Å². The SMILES string of the molecule is COc1cccc(Sc2nccc(C)n2)c1C(C)O. The Kier molecular flexibility index (Phi) is 4.39. The lowest BCUT2D eigenvalue weighted by atomic mass is 10.1. The highest BCUT2D eigenvalue weighted by atomic mass is 32.2. The van der Waals surface area contributed by atoms with Crippen molar-refractivity contribution in [1.82, 2.24) is 9.97 Å². The molecule has 0 bridgehead atoms. The molecule has 2 aromatic rings. The molecule has 4 nitrogen and oxygen atoms in total. The topological polar surface area (TPSA) is 55.2 Å². The number of hydrogen-bond acceptors (Lipinski definition) is 5. The van der Waals surface area contributed by atoms with E-state index in [0.29, 0.717) is 10.9 Å². The smallest absolute Gasteiger partial charge is 0.192 e. The lowest BCUT2D eigenvalue weighted by Gasteiger charge is -2.15. The number of aliphatic hydroxyl groups is 1. The van der Waals surface area contributed by atoms with Crippen molar-refractivity contribution in [2.45, 2.75) is 30.0 Å². The van der Waals surface area contributed by atoms with Crippen LogP contribution < -0.4 is 4.74 Å². The van der Waals surface area contributed by atoms with Gasteiger partial charge in [-0.2, -0.15) is 0 Å². The van der Waals surface area contributed by atoms with Crippen LogP contribution in [-0.2, 0) is 0 Å². The minimum Gasteiger partial charge on any atom is -0.496 e. The fraction of sp³-hybridized carbons (Fsp3) is 0.286. The Balaban J connectivity index is 2.39. The lowest BCUT2D eigenvalue weighted by Crippen LogP contribution is -1.99. The zero-order chi connectivity index (χ0) is 13.8. The summed E-state index contributed by atoms with van der Waals surface area (Å²) in [7, 11) is 1.60. The third-order valence-electron chi connectivity index (χ3n) is 2.64. The van der Waals surface area contributed by atoms with Gasteiger partial charge >= 0.3 is 0 Å². The second kappa shape index (κ2) is 6.04. The maximum atomic E-state index is 9.91. The van der Waals surface area contributed by atoms with Gasteiger partial charge in [0.15, 0.2) is 5.16 Å². The molecular weight excluding hydrogens is 260 g/mol. The van der Waals surface area contributed by atoms with Gasteiger partial charge in [-0.3, -0.25) is 0 Å². The number of nitrogens with zero attached hydrogens (tertiary/aromatic N) is 2. The third kappa shape index (κ3) is 3.24. The molecule has 19 heavy (non-hydrogen) atoms. The molecule has 100 valence electrons. The molecule has 1 unspecified atom stereocenters. The van der Waals surface area contributed by atoms with Crippen LogP contribution in [0.15, 0.2) is 40.5 Å². The maximum absolute atomic E-state index is 9.91. The highest BCUT2D eigenvalue weighted by Crippen LogP contribution is 2.37. The van der Waals surface area contributed by atoms with Crippen LogP contribution in [0.5, 0.6) is 5.75 Å². The van der Waals surface area contributed by atoms with E-state index in [1.54, 1.807) is 20.2 Å². The first-order valence-corrected chi connectivity index (χ1v) is 6.76. The number of aliphatic hydroxyl groups excluding tert-OH is 1. The number of rotatable bonds is 4. The summed E-state index contributed by atoms with van der Waals surface area (Å²) in [6, 6.07) is 7.51. The van der Waals surface area contributed by atoms with E-state index in [1.165, 1.54) is 11.8 Å². The van der Waals surface area contributed by atoms with Gasteiger partial charge in [0.25, 0.3) is 0 Å². The maximum Gasteiger partial charge on any atom is 0.192 e. The van der Waals surface area contributed by atoms with E-state index in [0.717, 1.165) is 16.2 Å². The molecule has 1 N–H and O–H groups in total. The first-order chi connectivity index (χ1) is 9.11. The van der Waals surface area contributed by atoms with Gasteiger partial charge in [-0.25, -0.2) is 9.97 Å². The summed E-state index contributed by atoms with van der Waals surface area (Å²) in [5, 5.41) is 10.6. The third-order valence-corrected chi connectivity index (χ3v) is 3.59. The summed E-state index contributed by atoms with van der Waals surface area (Å²) in [4.78, 5) is 9.48. The Morgan fingerprint density at radius 1 is 1.32 bits per heavy atom. The molecule has 1 aromatic heterocycles. The number of hydrogen-bond donors (Lipinski definition) is 1. The van der Waals surface area contributed by atoms with Crippen molar-refractivity contribution in [1.29, 1.82) is 0 Å². The highest BCUT2D eigenvalue weighted by molar-refractivity contribution is 7.99. The minimum atomic E-state index is -0.608. The molecule has 0 radical (unpaired) electrons. The molecule has 1 heterocycles. The molecule has 2 rings (SSSR count). The quantitative estimate of drug-likeness (QED) is 0.870. The van der Waals surface area contributed by atoms with Crippen LogP contribution in [0.3, 0.4) is 0 Å². The van der Waals surface area contributed by atoms with Gasteiger partial charge in [0.05, 0.1) is 13.2 Å². The van der Waals surface area contributed by atoms with Crippen molar-refractivity contribution in [3.8, 4) is 5.75 Å². The number of benzene rings is 1. The lowest BCUT2D eigenvalue weighted by molar-refractivity contribution is 0.191. The fourth-order valence-electron chi connectivity index (χ4n) is 1.78. The van der Waals surface area contributed by atoms with E-state index >= 15 is 0 Å². The Hall–Kier alpha value is -1.59. The van der Waals surface area contributed by atoms with E-state index in [-0.39, 0.29) is 0 Å². The number of aromatic nitrogens is 2. The zero-order valence-corrected chi connectivity index (χ0v) is 11.9. The van der Waals surface area contributed by atoms with Crippen LogP contribution in [0.2, 0.25) is 0 Å². The molecular formula is C14H16N2O2S. The van der Waals surface area contributed by atoms with Gasteiger partial charge in [-0.1, -0.05) is 6.07 Å². The molecule has 0 spiro atoms. The van der Waals surface area contributed by atoms with Gasteiger partial charge in [0, 0.05) is 22.3 Å². The second-order valence-electron chi connectivity index (χ2n) is 4.13. The fourth-order valence-corrected chi connectivity index (χ4v) is 2.80. The van der Waals surface area contributed by atoms with Crippen molar-refractivity contribution in [3.05, 3.63) is 41.7 Å². The van der Waals surface area contributed by atoms with Gasteiger partial charge in [0.2, 0.25) is 0 Å². The summed E-state index contributed by atoms with van der Waals surface area (Å²) < 4.78 is 5.29. The predicted molar refractivity (Wildman–Crippen MR) is 74.5 cm³/mol. The van der Waals surface area contributed by atoms with Crippen molar-refractivity contribution < 1.29 is 9.84 Å². The molecule has 5 heteroatoms. The van der Waals surface area contributed by atoms with Crippen LogP contribution in [0.1, 0.15) is 24.3 Å². The first kappa shape index (κ1) is 13.8. The van der Waals surface area contributed by atoms with E-state index in [4.69, 9.17) is 4.74 Å². The normalized spacial score (nSPS) is 12.2. The highest BCUT2D eigenvalue weighted by Gasteiger charge is 2.15. The molecule has 0 aliphatic heterocycles. The van der Waals surface area contributed by atoms with Crippen LogP contribution in [0, 0.1) is 6.92 Å². The van der Waals surface area contributed by atoms with E-state index in [9.17, 15) is 5.11 Å². The summed E-state index contributed by atoms with van der Waals surface area (Å²) in [6.45, 7) is 3.64. The standard InChI is InChI=1S/C14H16N2O2S/c1-9-7-8-15-14(16-9)19-12-6-4-5-11(18-3)13(12)10(2)17/h4-8,10,17H,1-3H3. The number of ether oxygens (including phenoxy) is 1.